The van der Waals surface area contributed by atoms with Gasteiger partial charge in [-0.2, -0.15) is 0 Å². The van der Waals surface area contributed by atoms with E-state index in [1.165, 1.54) is 0 Å². The maximum absolute atomic E-state index is 12.0. The maximum Gasteiger partial charge on any atom is 0.238 e. The molecule has 0 aliphatic carbocycles. The van der Waals surface area contributed by atoms with Crippen LogP contribution in [0.2, 0.25) is 0 Å². The first-order valence-corrected chi connectivity index (χ1v) is 6.94. The monoisotopic (exact) mass is 277 g/mol. The average molecular weight is 277 g/mol. The van der Waals surface area contributed by atoms with Crippen molar-refractivity contribution in [3.8, 4) is 5.75 Å². The number of rotatable bonds is 6. The number of methoxy groups -OCH3 is 1. The number of hydrogen-bond acceptors (Lipinski definition) is 4. The van der Waals surface area contributed by atoms with Gasteiger partial charge in [0.25, 0.3) is 0 Å². The minimum absolute atomic E-state index is 0.0826. The molecule has 1 aliphatic heterocycles. The highest BCUT2D eigenvalue weighted by molar-refractivity contribution is 5.81. The normalized spacial score (nSPS) is 18.9. The molecule has 0 aromatic heterocycles. The number of hydrogen-bond donors (Lipinski definition) is 1. The van der Waals surface area contributed by atoms with Gasteiger partial charge in [-0.25, -0.2) is 0 Å². The van der Waals surface area contributed by atoms with E-state index in [9.17, 15) is 4.79 Å². The van der Waals surface area contributed by atoms with Crippen LogP contribution in [0.5, 0.6) is 5.75 Å². The Morgan fingerprint density at radius 3 is 2.85 bits per heavy atom. The standard InChI is InChI=1S/C15H23N3O2/c1-17(2)9-6-10-18-14(19)11-16-15(18)12-7-4-5-8-13(12)20-3/h4-5,7-8,15-16H,6,9-11H2,1-3H3. The van der Waals surface area contributed by atoms with Gasteiger partial charge in [0.2, 0.25) is 5.91 Å². The summed E-state index contributed by atoms with van der Waals surface area (Å²) in [4.78, 5) is 16.1. The molecular formula is C15H23N3O2. The van der Waals surface area contributed by atoms with E-state index in [0.29, 0.717) is 6.54 Å². The van der Waals surface area contributed by atoms with Gasteiger partial charge in [-0.05, 0) is 33.1 Å². The Balaban J connectivity index is 2.11. The van der Waals surface area contributed by atoms with E-state index < -0.39 is 0 Å². The third-order valence-electron chi connectivity index (χ3n) is 3.52. The van der Waals surface area contributed by atoms with E-state index in [0.717, 1.165) is 30.8 Å². The third-order valence-corrected chi connectivity index (χ3v) is 3.52. The Morgan fingerprint density at radius 1 is 1.40 bits per heavy atom. The number of amides is 1. The maximum atomic E-state index is 12.0. The predicted molar refractivity (Wildman–Crippen MR) is 78.6 cm³/mol. The summed E-state index contributed by atoms with van der Waals surface area (Å²) in [5, 5.41) is 3.27. The van der Waals surface area contributed by atoms with Gasteiger partial charge in [-0.1, -0.05) is 18.2 Å². The molecule has 1 aromatic carbocycles. The summed E-state index contributed by atoms with van der Waals surface area (Å²) >= 11 is 0. The van der Waals surface area contributed by atoms with E-state index in [1.54, 1.807) is 7.11 Å². The molecule has 1 saturated heterocycles. The van der Waals surface area contributed by atoms with Crippen LogP contribution in [0.15, 0.2) is 24.3 Å². The lowest BCUT2D eigenvalue weighted by atomic mass is 10.1. The van der Waals surface area contributed by atoms with Crippen LogP contribution < -0.4 is 10.1 Å². The molecule has 1 heterocycles. The molecule has 0 spiro atoms. The first kappa shape index (κ1) is 14.8. The fraction of sp³-hybridized carbons (Fsp3) is 0.533. The molecule has 0 radical (unpaired) electrons. The number of nitrogens with one attached hydrogen (secondary N) is 1. The van der Waals surface area contributed by atoms with Crippen molar-refractivity contribution in [1.82, 2.24) is 15.1 Å². The van der Waals surface area contributed by atoms with Crippen LogP contribution >= 0.6 is 0 Å². The average Bonchev–Trinajstić information content (AvgIpc) is 2.80. The summed E-state index contributed by atoms with van der Waals surface area (Å²) in [6.45, 7) is 2.12. The quantitative estimate of drug-likeness (QED) is 0.845. The van der Waals surface area contributed by atoms with Gasteiger partial charge in [-0.3, -0.25) is 10.1 Å². The minimum atomic E-state index is -0.0826. The van der Waals surface area contributed by atoms with Gasteiger partial charge >= 0.3 is 0 Å². The summed E-state index contributed by atoms with van der Waals surface area (Å²) in [6, 6.07) is 7.85. The second kappa shape index (κ2) is 6.72. The number of para-hydroxylation sites is 1. The molecule has 1 atom stereocenters. The lowest BCUT2D eigenvalue weighted by Crippen LogP contribution is -2.33. The highest BCUT2D eigenvalue weighted by Crippen LogP contribution is 2.29. The molecule has 1 N–H and O–H groups in total. The van der Waals surface area contributed by atoms with Crippen molar-refractivity contribution in [3.05, 3.63) is 29.8 Å². The molecular weight excluding hydrogens is 254 g/mol. The number of ether oxygens (including phenoxy) is 1. The van der Waals surface area contributed by atoms with Crippen LogP contribution in [0.1, 0.15) is 18.2 Å². The van der Waals surface area contributed by atoms with Gasteiger partial charge in [-0.15, -0.1) is 0 Å². The molecule has 1 fully saturated rings. The van der Waals surface area contributed by atoms with Crippen molar-refractivity contribution in [2.75, 3.05) is 40.8 Å². The largest absolute Gasteiger partial charge is 0.496 e. The Labute approximate surface area is 120 Å². The fourth-order valence-electron chi connectivity index (χ4n) is 2.52. The van der Waals surface area contributed by atoms with Gasteiger partial charge in [0.1, 0.15) is 11.9 Å². The van der Waals surface area contributed by atoms with Crippen LogP contribution in [-0.4, -0.2) is 56.5 Å². The Hall–Kier alpha value is -1.59. The topological polar surface area (TPSA) is 44.8 Å². The molecule has 1 amide bonds. The summed E-state index contributed by atoms with van der Waals surface area (Å²) in [5.74, 6) is 0.969. The summed E-state index contributed by atoms with van der Waals surface area (Å²) in [7, 11) is 5.75. The smallest absolute Gasteiger partial charge is 0.238 e. The fourth-order valence-corrected chi connectivity index (χ4v) is 2.52. The third kappa shape index (κ3) is 3.29. The zero-order valence-corrected chi connectivity index (χ0v) is 12.4. The van der Waals surface area contributed by atoms with Gasteiger partial charge in [0.05, 0.1) is 13.7 Å². The molecule has 2 rings (SSSR count). The van der Waals surface area contributed by atoms with Crippen LogP contribution in [0, 0.1) is 0 Å². The Bertz CT molecular complexity index is 462. The molecule has 5 heteroatoms. The van der Waals surface area contributed by atoms with Crippen LogP contribution in [-0.2, 0) is 4.79 Å². The highest BCUT2D eigenvalue weighted by atomic mass is 16.5. The van der Waals surface area contributed by atoms with Gasteiger partial charge < -0.3 is 14.5 Å². The van der Waals surface area contributed by atoms with Crippen LogP contribution in [0.4, 0.5) is 0 Å². The lowest BCUT2D eigenvalue weighted by molar-refractivity contribution is -0.128. The van der Waals surface area contributed by atoms with Gasteiger partial charge in [0.15, 0.2) is 0 Å². The Kier molecular flexibility index (Phi) is 4.98. The van der Waals surface area contributed by atoms with E-state index in [4.69, 9.17) is 4.74 Å². The van der Waals surface area contributed by atoms with Crippen LogP contribution in [0.3, 0.4) is 0 Å². The zero-order chi connectivity index (χ0) is 14.5. The second-order valence-electron chi connectivity index (χ2n) is 5.27. The predicted octanol–water partition coefficient (Wildman–Crippen LogP) is 1.08. The lowest BCUT2D eigenvalue weighted by Gasteiger charge is -2.26. The molecule has 20 heavy (non-hydrogen) atoms. The summed E-state index contributed by atoms with van der Waals surface area (Å²) in [5.41, 5.74) is 1.02. The van der Waals surface area contributed by atoms with Crippen molar-refractivity contribution >= 4 is 5.91 Å². The molecule has 0 bridgehead atoms. The molecule has 110 valence electrons. The first-order valence-electron chi connectivity index (χ1n) is 6.94. The Morgan fingerprint density at radius 2 is 2.15 bits per heavy atom. The molecule has 1 unspecified atom stereocenters. The van der Waals surface area contributed by atoms with Crippen molar-refractivity contribution in [3.63, 3.8) is 0 Å². The summed E-state index contributed by atoms with van der Waals surface area (Å²) in [6.07, 6.45) is 0.882. The van der Waals surface area contributed by atoms with E-state index >= 15 is 0 Å². The highest BCUT2D eigenvalue weighted by Gasteiger charge is 2.32. The number of nitrogens with zero attached hydrogens (tertiary/aromatic N) is 2. The van der Waals surface area contributed by atoms with Crippen molar-refractivity contribution in [1.29, 1.82) is 0 Å². The number of carbonyl (C=O) groups excluding carboxylic acids is 1. The van der Waals surface area contributed by atoms with E-state index in [1.807, 2.05) is 43.3 Å². The molecule has 1 aromatic rings. The molecule has 5 nitrogen and oxygen atoms in total. The van der Waals surface area contributed by atoms with Crippen LogP contribution in [0.25, 0.3) is 0 Å². The minimum Gasteiger partial charge on any atom is -0.496 e. The summed E-state index contributed by atoms with van der Waals surface area (Å²) < 4.78 is 5.40. The number of carbonyl (C=O) groups is 1. The van der Waals surface area contributed by atoms with Gasteiger partial charge in [0, 0.05) is 12.1 Å². The van der Waals surface area contributed by atoms with E-state index in [-0.39, 0.29) is 12.1 Å². The zero-order valence-electron chi connectivity index (χ0n) is 12.4. The molecule has 1 aliphatic rings. The van der Waals surface area contributed by atoms with E-state index in [2.05, 4.69) is 10.2 Å². The first-order chi connectivity index (χ1) is 9.63. The van der Waals surface area contributed by atoms with Crippen molar-refractivity contribution < 1.29 is 9.53 Å². The molecule has 0 saturated carbocycles. The SMILES string of the molecule is COc1ccccc1C1NCC(=O)N1CCCN(C)C. The van der Waals surface area contributed by atoms with Crippen molar-refractivity contribution in [2.45, 2.75) is 12.6 Å². The number of benzene rings is 1. The second-order valence-corrected chi connectivity index (χ2v) is 5.27. The van der Waals surface area contributed by atoms with Crippen molar-refractivity contribution in [2.24, 2.45) is 0 Å².